The first-order chi connectivity index (χ1) is 16.8. The second kappa shape index (κ2) is 8.94. The summed E-state index contributed by atoms with van der Waals surface area (Å²) >= 11 is 0. The van der Waals surface area contributed by atoms with Crippen LogP contribution in [-0.4, -0.2) is 41.6 Å². The van der Waals surface area contributed by atoms with Gasteiger partial charge in [0.25, 0.3) is 5.91 Å². The van der Waals surface area contributed by atoms with Crippen LogP contribution in [0.4, 0.5) is 4.39 Å². The Labute approximate surface area is 202 Å². The number of fused-ring (bicyclic) bond motifs is 1. The van der Waals surface area contributed by atoms with E-state index in [1.54, 1.807) is 6.07 Å². The molecule has 2 unspecified atom stereocenters. The van der Waals surface area contributed by atoms with E-state index in [1.807, 2.05) is 6.92 Å². The number of hydrogen-bond acceptors (Lipinski definition) is 7. The van der Waals surface area contributed by atoms with Crippen molar-refractivity contribution in [2.24, 2.45) is 5.92 Å². The molecule has 0 saturated heterocycles. The monoisotopic (exact) mass is 482 g/mol. The van der Waals surface area contributed by atoms with Gasteiger partial charge in [0.1, 0.15) is 17.5 Å². The van der Waals surface area contributed by atoms with Gasteiger partial charge < -0.3 is 19.5 Å². The summed E-state index contributed by atoms with van der Waals surface area (Å²) < 4.78 is 30.2. The molecule has 184 valence electrons. The highest BCUT2D eigenvalue weighted by atomic mass is 19.1. The number of nitrogens with one attached hydrogen (secondary N) is 1. The van der Waals surface area contributed by atoms with Crippen LogP contribution in [0.5, 0.6) is 11.5 Å². The smallest absolute Gasteiger partial charge is 0.332 e. The molecule has 2 aromatic rings. The van der Waals surface area contributed by atoms with E-state index in [-0.39, 0.29) is 40.9 Å². The zero-order valence-electron chi connectivity index (χ0n) is 19.6. The van der Waals surface area contributed by atoms with Gasteiger partial charge in [-0.3, -0.25) is 9.59 Å². The van der Waals surface area contributed by atoms with Crippen molar-refractivity contribution in [2.75, 3.05) is 7.11 Å². The van der Waals surface area contributed by atoms with Crippen molar-refractivity contribution < 1.29 is 33.0 Å². The van der Waals surface area contributed by atoms with Crippen LogP contribution in [0.3, 0.4) is 0 Å². The standard InChI is InChI=1S/C26H27FN2O6/c1-14-18-7-6-17(27)13-16(18)5-8-19(14)34-25(32)26(10-11-26)29-23(30)21-22(20(33-2)9-12-28-21)35-24(31)15-3-4-15/h6-7,9,12-15,19H,3-5,8,10-11H2,1-2H3,(H,29,30). The van der Waals surface area contributed by atoms with Crippen molar-refractivity contribution in [2.45, 2.75) is 63.0 Å². The molecular weight excluding hydrogens is 455 g/mol. The second-order valence-electron chi connectivity index (χ2n) is 9.54. The number of rotatable bonds is 7. The van der Waals surface area contributed by atoms with Gasteiger partial charge in [-0.05, 0) is 61.8 Å². The topological polar surface area (TPSA) is 104 Å². The van der Waals surface area contributed by atoms with Crippen LogP contribution in [0.25, 0.3) is 0 Å². The minimum Gasteiger partial charge on any atom is -0.493 e. The van der Waals surface area contributed by atoms with Gasteiger partial charge in [-0.1, -0.05) is 13.0 Å². The molecule has 9 heteroatoms. The quantitative estimate of drug-likeness (QED) is 0.603. The molecule has 1 amide bonds. The first-order valence-corrected chi connectivity index (χ1v) is 11.9. The lowest BCUT2D eigenvalue weighted by atomic mass is 9.81. The minimum atomic E-state index is -1.15. The summed E-state index contributed by atoms with van der Waals surface area (Å²) in [5.74, 6) is -1.99. The normalized spacial score (nSPS) is 21.9. The Balaban J connectivity index is 1.29. The van der Waals surface area contributed by atoms with Crippen LogP contribution in [0.2, 0.25) is 0 Å². The summed E-state index contributed by atoms with van der Waals surface area (Å²) in [7, 11) is 1.41. The molecule has 0 bridgehead atoms. The van der Waals surface area contributed by atoms with Crippen molar-refractivity contribution >= 4 is 17.8 Å². The molecule has 5 rings (SSSR count). The number of aromatic nitrogens is 1. The van der Waals surface area contributed by atoms with Gasteiger partial charge in [-0.2, -0.15) is 0 Å². The fourth-order valence-corrected chi connectivity index (χ4v) is 4.53. The highest BCUT2D eigenvalue weighted by Crippen LogP contribution is 2.41. The number of amides is 1. The highest BCUT2D eigenvalue weighted by molar-refractivity contribution is 6.01. The average molecular weight is 483 g/mol. The first kappa shape index (κ1) is 23.3. The van der Waals surface area contributed by atoms with E-state index in [9.17, 15) is 18.8 Å². The zero-order valence-corrected chi connectivity index (χ0v) is 19.6. The third-order valence-corrected chi connectivity index (χ3v) is 7.02. The van der Waals surface area contributed by atoms with E-state index in [0.717, 1.165) is 24.0 Å². The molecule has 35 heavy (non-hydrogen) atoms. The van der Waals surface area contributed by atoms with E-state index in [0.29, 0.717) is 25.7 Å². The predicted molar refractivity (Wildman–Crippen MR) is 122 cm³/mol. The molecule has 2 atom stereocenters. The molecule has 3 aliphatic rings. The third-order valence-electron chi connectivity index (χ3n) is 7.02. The Morgan fingerprint density at radius 3 is 2.60 bits per heavy atom. The summed E-state index contributed by atoms with van der Waals surface area (Å²) in [6, 6.07) is 6.18. The number of aryl methyl sites for hydroxylation is 1. The predicted octanol–water partition coefficient (Wildman–Crippen LogP) is 3.47. The molecular formula is C26H27FN2O6. The van der Waals surface area contributed by atoms with Gasteiger partial charge in [0.15, 0.2) is 11.4 Å². The van der Waals surface area contributed by atoms with E-state index in [1.165, 1.54) is 31.5 Å². The number of nitrogens with zero attached hydrogens (tertiary/aromatic N) is 1. The maximum atomic E-state index is 13.6. The molecule has 1 aromatic heterocycles. The number of benzene rings is 1. The molecule has 0 aliphatic heterocycles. The van der Waals surface area contributed by atoms with Gasteiger partial charge >= 0.3 is 11.9 Å². The molecule has 2 saturated carbocycles. The van der Waals surface area contributed by atoms with Gasteiger partial charge in [0.05, 0.1) is 13.0 Å². The van der Waals surface area contributed by atoms with Gasteiger partial charge in [0, 0.05) is 18.2 Å². The number of halogens is 1. The van der Waals surface area contributed by atoms with E-state index >= 15 is 0 Å². The van der Waals surface area contributed by atoms with E-state index in [4.69, 9.17) is 14.2 Å². The Morgan fingerprint density at radius 2 is 1.91 bits per heavy atom. The molecule has 0 radical (unpaired) electrons. The van der Waals surface area contributed by atoms with Crippen LogP contribution in [0.15, 0.2) is 30.5 Å². The fraction of sp³-hybridized carbons (Fsp3) is 0.462. The van der Waals surface area contributed by atoms with Crippen molar-refractivity contribution in [3.63, 3.8) is 0 Å². The summed E-state index contributed by atoms with van der Waals surface area (Å²) in [5, 5.41) is 2.75. The third kappa shape index (κ3) is 4.59. The summed E-state index contributed by atoms with van der Waals surface area (Å²) in [5.41, 5.74) is 0.616. The van der Waals surface area contributed by atoms with Crippen molar-refractivity contribution in [3.8, 4) is 11.5 Å². The largest absolute Gasteiger partial charge is 0.493 e. The number of carbonyl (C=O) groups is 3. The number of pyridine rings is 1. The number of ether oxygens (including phenoxy) is 3. The van der Waals surface area contributed by atoms with E-state index in [2.05, 4.69) is 10.3 Å². The number of carbonyl (C=O) groups excluding carboxylic acids is 3. The molecule has 0 spiro atoms. The number of hydrogen-bond donors (Lipinski definition) is 1. The fourth-order valence-electron chi connectivity index (χ4n) is 4.53. The Hall–Kier alpha value is -3.49. The molecule has 2 fully saturated rings. The number of methoxy groups -OCH3 is 1. The van der Waals surface area contributed by atoms with Crippen molar-refractivity contribution in [1.82, 2.24) is 10.3 Å². The lowest BCUT2D eigenvalue weighted by molar-refractivity contribution is -0.154. The van der Waals surface area contributed by atoms with E-state index < -0.39 is 23.4 Å². The first-order valence-electron chi connectivity index (χ1n) is 11.9. The van der Waals surface area contributed by atoms with Gasteiger partial charge in [0.2, 0.25) is 5.75 Å². The van der Waals surface area contributed by atoms with Crippen LogP contribution < -0.4 is 14.8 Å². The minimum absolute atomic E-state index is 0.0571. The molecule has 1 N–H and O–H groups in total. The maximum Gasteiger partial charge on any atom is 0.332 e. The Kier molecular flexibility index (Phi) is 5.94. The molecule has 3 aliphatic carbocycles. The van der Waals surface area contributed by atoms with Crippen LogP contribution in [0.1, 0.15) is 66.6 Å². The van der Waals surface area contributed by atoms with Crippen LogP contribution >= 0.6 is 0 Å². The summed E-state index contributed by atoms with van der Waals surface area (Å²) in [4.78, 5) is 42.6. The zero-order chi connectivity index (χ0) is 24.7. The molecule has 1 aromatic carbocycles. The number of esters is 2. The lowest BCUT2D eigenvalue weighted by Gasteiger charge is -2.32. The van der Waals surface area contributed by atoms with Crippen LogP contribution in [0, 0.1) is 11.7 Å². The lowest BCUT2D eigenvalue weighted by Crippen LogP contribution is -2.46. The van der Waals surface area contributed by atoms with Crippen molar-refractivity contribution in [3.05, 3.63) is 53.1 Å². The second-order valence-corrected chi connectivity index (χ2v) is 9.54. The SMILES string of the molecule is COc1ccnc(C(=O)NC2(C(=O)OC3CCc4cc(F)ccc4C3C)CC2)c1OC(=O)C1CC1. The van der Waals surface area contributed by atoms with Crippen molar-refractivity contribution in [1.29, 1.82) is 0 Å². The maximum absolute atomic E-state index is 13.6. The summed E-state index contributed by atoms with van der Waals surface area (Å²) in [6.45, 7) is 1.95. The molecule has 1 heterocycles. The van der Waals surface area contributed by atoms with Gasteiger partial charge in [-0.25, -0.2) is 14.2 Å². The molecule has 8 nitrogen and oxygen atoms in total. The summed E-state index contributed by atoms with van der Waals surface area (Å²) in [6.07, 6.45) is 4.55. The Bertz CT molecular complexity index is 1190. The highest BCUT2D eigenvalue weighted by Gasteiger charge is 2.54. The average Bonchev–Trinajstić information content (AvgIpc) is 3.76. The van der Waals surface area contributed by atoms with Gasteiger partial charge in [-0.15, -0.1) is 0 Å². The van der Waals surface area contributed by atoms with Crippen LogP contribution in [-0.2, 0) is 20.7 Å². The Morgan fingerprint density at radius 1 is 1.14 bits per heavy atom.